The Morgan fingerprint density at radius 2 is 2.08 bits per heavy atom. The number of hydrogen-bond donors (Lipinski definition) is 0. The maximum atomic E-state index is 11.6. The van der Waals surface area contributed by atoms with Crippen LogP contribution in [0.3, 0.4) is 0 Å². The monoisotopic (exact) mass is 354 g/mol. The first-order valence-electron chi connectivity index (χ1n) is 8.54. The van der Waals surface area contributed by atoms with Crippen molar-refractivity contribution in [3.8, 4) is 11.5 Å². The summed E-state index contributed by atoms with van der Waals surface area (Å²) in [5.41, 5.74) is 2.69. The van der Waals surface area contributed by atoms with Crippen LogP contribution in [0.2, 0.25) is 0 Å². The summed E-state index contributed by atoms with van der Waals surface area (Å²) in [7, 11) is 1.34. The predicted molar refractivity (Wildman–Crippen MR) is 98.2 cm³/mol. The fraction of sp³-hybridized carbons (Fsp3) is 0.286. The van der Waals surface area contributed by atoms with Crippen LogP contribution in [0.4, 0.5) is 0 Å². The molecule has 1 aliphatic rings. The lowest BCUT2D eigenvalue weighted by Gasteiger charge is -2.20. The third-order valence-electron chi connectivity index (χ3n) is 4.15. The number of esters is 1. The topological polar surface area (TPSA) is 57.9 Å². The quantitative estimate of drug-likeness (QED) is 0.680. The Balaban J connectivity index is 1.74. The normalized spacial score (nSPS) is 12.9. The second-order valence-electron chi connectivity index (χ2n) is 6.11. The van der Waals surface area contributed by atoms with Crippen molar-refractivity contribution >= 4 is 11.5 Å². The van der Waals surface area contributed by atoms with Gasteiger partial charge in [0.25, 0.3) is 0 Å². The minimum atomic E-state index is -0.423. The van der Waals surface area contributed by atoms with Gasteiger partial charge in [0.2, 0.25) is 0 Å². The van der Waals surface area contributed by atoms with Gasteiger partial charge >= 0.3 is 5.97 Å². The van der Waals surface area contributed by atoms with Gasteiger partial charge in [0.1, 0.15) is 40.9 Å². The molecule has 0 amide bonds. The lowest BCUT2D eigenvalue weighted by Crippen LogP contribution is -2.03. The van der Waals surface area contributed by atoms with E-state index in [9.17, 15) is 4.79 Å². The van der Waals surface area contributed by atoms with Crippen molar-refractivity contribution in [2.45, 2.75) is 33.3 Å². The van der Waals surface area contributed by atoms with Crippen molar-refractivity contribution in [2.24, 2.45) is 0 Å². The molecule has 136 valence electrons. The van der Waals surface area contributed by atoms with Gasteiger partial charge in [-0.1, -0.05) is 19.9 Å². The zero-order valence-corrected chi connectivity index (χ0v) is 15.3. The summed E-state index contributed by atoms with van der Waals surface area (Å²) in [5.74, 6) is 2.66. The largest absolute Gasteiger partial charge is 0.486 e. The van der Waals surface area contributed by atoms with Gasteiger partial charge in [0.15, 0.2) is 0 Å². The van der Waals surface area contributed by atoms with E-state index in [2.05, 4.69) is 13.5 Å². The maximum Gasteiger partial charge on any atom is 0.341 e. The van der Waals surface area contributed by atoms with Gasteiger partial charge in [-0.15, -0.1) is 0 Å². The molecule has 0 bridgehead atoms. The number of rotatable bonds is 6. The van der Waals surface area contributed by atoms with E-state index in [-0.39, 0.29) is 6.61 Å². The molecule has 0 saturated heterocycles. The third kappa shape index (κ3) is 3.67. The van der Waals surface area contributed by atoms with Gasteiger partial charge in [0.05, 0.1) is 7.11 Å². The first-order valence-corrected chi connectivity index (χ1v) is 8.54. The molecule has 5 nitrogen and oxygen atoms in total. The molecule has 0 aliphatic carbocycles. The average molecular weight is 354 g/mol. The third-order valence-corrected chi connectivity index (χ3v) is 4.15. The Labute approximate surface area is 152 Å². The molecule has 0 unspecified atom stereocenters. The predicted octanol–water partition coefficient (Wildman–Crippen LogP) is 5.04. The van der Waals surface area contributed by atoms with Gasteiger partial charge < -0.3 is 18.6 Å². The number of fused-ring (bicyclic) bond motifs is 1. The van der Waals surface area contributed by atoms with Crippen LogP contribution in [-0.4, -0.2) is 13.1 Å². The van der Waals surface area contributed by atoms with Crippen LogP contribution in [0.15, 0.2) is 47.1 Å². The van der Waals surface area contributed by atoms with Crippen molar-refractivity contribution in [2.75, 3.05) is 7.11 Å². The first-order chi connectivity index (χ1) is 12.5. The van der Waals surface area contributed by atoms with Crippen molar-refractivity contribution in [1.82, 2.24) is 0 Å². The zero-order valence-electron chi connectivity index (χ0n) is 15.3. The molecule has 5 heteroatoms. The first kappa shape index (κ1) is 17.9. The molecular weight excluding hydrogens is 332 g/mol. The van der Waals surface area contributed by atoms with Crippen LogP contribution < -0.4 is 9.47 Å². The highest BCUT2D eigenvalue weighted by Crippen LogP contribution is 2.37. The summed E-state index contributed by atoms with van der Waals surface area (Å²) in [6.45, 7) is 7.97. The van der Waals surface area contributed by atoms with Crippen molar-refractivity contribution < 1.29 is 23.4 Å². The number of carbonyl (C=O) groups is 1. The number of allylic oxidation sites excluding steroid dienone is 2. The summed E-state index contributed by atoms with van der Waals surface area (Å²) in [6, 6.07) is 7.38. The van der Waals surface area contributed by atoms with Crippen LogP contribution in [-0.2, 0) is 11.3 Å². The van der Waals surface area contributed by atoms with E-state index < -0.39 is 5.97 Å². The van der Waals surface area contributed by atoms with E-state index in [4.69, 9.17) is 18.6 Å². The standard InChI is InChI=1S/C21H22O5/c1-5-6-15-9-13(2)25-20-11-16(7-8-18(15)20)24-12-17-10-19(14(3)26-17)21(22)23-4/h7-11H,2,5-6,12H2,1,3-4H3. The smallest absolute Gasteiger partial charge is 0.341 e. The van der Waals surface area contributed by atoms with Crippen molar-refractivity contribution in [3.63, 3.8) is 0 Å². The van der Waals surface area contributed by atoms with Crippen LogP contribution in [0.5, 0.6) is 11.5 Å². The molecule has 1 aromatic heterocycles. The molecule has 1 aromatic carbocycles. The SMILES string of the molecule is C=C1C=C(CCC)c2ccc(OCc3cc(C(=O)OC)c(C)o3)cc2O1. The molecule has 0 fully saturated rings. The molecule has 0 atom stereocenters. The van der Waals surface area contributed by atoms with E-state index in [0.717, 1.165) is 24.2 Å². The number of aryl methyl sites for hydroxylation is 1. The number of carbonyl (C=O) groups excluding carboxylic acids is 1. The molecular formula is C21H22O5. The fourth-order valence-electron chi connectivity index (χ4n) is 2.94. The van der Waals surface area contributed by atoms with Gasteiger partial charge in [-0.2, -0.15) is 0 Å². The minimum Gasteiger partial charge on any atom is -0.486 e. The Kier molecular flexibility index (Phi) is 5.16. The van der Waals surface area contributed by atoms with E-state index in [1.807, 2.05) is 24.3 Å². The molecule has 0 radical (unpaired) electrons. The summed E-state index contributed by atoms with van der Waals surface area (Å²) in [4.78, 5) is 11.6. The van der Waals surface area contributed by atoms with E-state index in [0.29, 0.717) is 28.6 Å². The zero-order chi connectivity index (χ0) is 18.7. The summed E-state index contributed by atoms with van der Waals surface area (Å²) in [6.07, 6.45) is 4.00. The second kappa shape index (κ2) is 7.52. The molecule has 0 spiro atoms. The van der Waals surface area contributed by atoms with Crippen molar-refractivity contribution in [3.05, 3.63) is 65.3 Å². The lowest BCUT2D eigenvalue weighted by molar-refractivity contribution is 0.0599. The van der Waals surface area contributed by atoms with Gasteiger partial charge in [-0.05, 0) is 43.2 Å². The molecule has 0 N–H and O–H groups in total. The van der Waals surface area contributed by atoms with Gasteiger partial charge in [-0.3, -0.25) is 0 Å². The Hall–Kier alpha value is -2.95. The summed E-state index contributed by atoms with van der Waals surface area (Å²) in [5, 5.41) is 0. The molecule has 2 aromatic rings. The maximum absolute atomic E-state index is 11.6. The highest BCUT2D eigenvalue weighted by atomic mass is 16.5. The minimum absolute atomic E-state index is 0.204. The molecule has 2 heterocycles. The summed E-state index contributed by atoms with van der Waals surface area (Å²) < 4.78 is 21.8. The number of benzene rings is 1. The number of methoxy groups -OCH3 is 1. The molecule has 26 heavy (non-hydrogen) atoms. The van der Waals surface area contributed by atoms with E-state index in [1.54, 1.807) is 13.0 Å². The van der Waals surface area contributed by atoms with E-state index >= 15 is 0 Å². The highest BCUT2D eigenvalue weighted by molar-refractivity contribution is 5.90. The van der Waals surface area contributed by atoms with E-state index in [1.165, 1.54) is 12.7 Å². The Morgan fingerprint density at radius 1 is 1.27 bits per heavy atom. The Morgan fingerprint density at radius 3 is 2.81 bits per heavy atom. The van der Waals surface area contributed by atoms with Gasteiger partial charge in [0, 0.05) is 11.6 Å². The van der Waals surface area contributed by atoms with Crippen LogP contribution in [0.25, 0.3) is 5.57 Å². The second-order valence-corrected chi connectivity index (χ2v) is 6.11. The number of ether oxygens (including phenoxy) is 3. The summed E-state index contributed by atoms with van der Waals surface area (Å²) >= 11 is 0. The molecule has 3 rings (SSSR count). The van der Waals surface area contributed by atoms with Crippen LogP contribution in [0, 0.1) is 6.92 Å². The van der Waals surface area contributed by atoms with Crippen LogP contribution in [0.1, 0.15) is 47.2 Å². The highest BCUT2D eigenvalue weighted by Gasteiger charge is 2.18. The molecule has 0 saturated carbocycles. The number of hydrogen-bond acceptors (Lipinski definition) is 5. The fourth-order valence-corrected chi connectivity index (χ4v) is 2.94. The Bertz CT molecular complexity index is 873. The average Bonchev–Trinajstić information content (AvgIpc) is 3.00. The van der Waals surface area contributed by atoms with Crippen molar-refractivity contribution in [1.29, 1.82) is 0 Å². The van der Waals surface area contributed by atoms with Crippen LogP contribution >= 0.6 is 0 Å². The molecule has 1 aliphatic heterocycles. The van der Waals surface area contributed by atoms with Gasteiger partial charge in [-0.25, -0.2) is 4.79 Å². The number of furan rings is 1. The lowest BCUT2D eigenvalue weighted by atomic mass is 9.98.